The average Bonchev–Trinajstić information content (AvgIpc) is 2.93. The van der Waals surface area contributed by atoms with E-state index in [1.54, 1.807) is 26.4 Å². The second-order valence-electron chi connectivity index (χ2n) is 9.00. The van der Waals surface area contributed by atoms with Crippen LogP contribution in [0, 0.1) is 0 Å². The van der Waals surface area contributed by atoms with Crippen LogP contribution >= 0.6 is 0 Å². The van der Waals surface area contributed by atoms with E-state index in [2.05, 4.69) is 5.32 Å². The van der Waals surface area contributed by atoms with Crippen molar-refractivity contribution in [2.45, 2.75) is 44.2 Å². The molecule has 0 aromatic heterocycles. The van der Waals surface area contributed by atoms with Crippen LogP contribution in [-0.4, -0.2) is 75.0 Å². The van der Waals surface area contributed by atoms with Gasteiger partial charge in [-0.15, -0.1) is 0 Å². The van der Waals surface area contributed by atoms with Crippen LogP contribution in [0.3, 0.4) is 0 Å². The molecule has 0 aliphatic carbocycles. The normalized spacial score (nSPS) is 12.3. The molecule has 2 aromatic carbocycles. The molecule has 0 fully saturated rings. The van der Waals surface area contributed by atoms with Crippen LogP contribution in [-0.2, 0) is 27.2 Å². The Bertz CT molecular complexity index is 1030. The number of carbonyl (C=O) groups is 3. The summed E-state index contributed by atoms with van der Waals surface area (Å²) >= 11 is 0. The number of Topliss-reactive ketones (excluding diaryl/α,β-unsaturated/α-hetero) is 1. The van der Waals surface area contributed by atoms with Crippen molar-refractivity contribution in [3.63, 3.8) is 0 Å². The quantitative estimate of drug-likeness (QED) is 0.235. The maximum absolute atomic E-state index is 13.3. The van der Waals surface area contributed by atoms with Crippen LogP contribution in [0.4, 0.5) is 0 Å². The van der Waals surface area contributed by atoms with Crippen molar-refractivity contribution in [1.29, 1.82) is 0 Å². The summed E-state index contributed by atoms with van der Waals surface area (Å²) in [6.07, 6.45) is 1.38. The summed E-state index contributed by atoms with van der Waals surface area (Å²) in [5.74, 6) is 0.329. The summed E-state index contributed by atoms with van der Waals surface area (Å²) in [6, 6.07) is 13.3. The molecule has 10 nitrogen and oxygen atoms in total. The Morgan fingerprint density at radius 1 is 0.947 bits per heavy atom. The van der Waals surface area contributed by atoms with Gasteiger partial charge in [-0.05, 0) is 48.6 Å². The number of hydrogen-bond donors (Lipinski definition) is 4. The molecule has 0 aliphatic rings. The van der Waals surface area contributed by atoms with Gasteiger partial charge in [-0.3, -0.25) is 14.4 Å². The molecule has 0 heterocycles. The number of nitrogens with zero attached hydrogens (tertiary/aromatic N) is 1. The Hall–Kier alpha value is -3.47. The predicted molar refractivity (Wildman–Crippen MR) is 147 cm³/mol. The minimum absolute atomic E-state index is 0.134. The molecule has 0 spiro atoms. The van der Waals surface area contributed by atoms with E-state index in [9.17, 15) is 14.4 Å². The Morgan fingerprint density at radius 2 is 1.63 bits per heavy atom. The van der Waals surface area contributed by atoms with Gasteiger partial charge in [-0.1, -0.05) is 30.3 Å². The molecule has 7 N–H and O–H groups in total. The summed E-state index contributed by atoms with van der Waals surface area (Å²) in [5.41, 5.74) is 19.1. The highest BCUT2D eigenvalue weighted by molar-refractivity contribution is 5.93. The monoisotopic (exact) mass is 527 g/mol. The van der Waals surface area contributed by atoms with Crippen LogP contribution in [0.15, 0.2) is 48.5 Å². The lowest BCUT2D eigenvalue weighted by molar-refractivity contribution is -0.135. The van der Waals surface area contributed by atoms with Crippen molar-refractivity contribution < 1.29 is 23.9 Å². The van der Waals surface area contributed by atoms with Crippen molar-refractivity contribution >= 4 is 17.6 Å². The third kappa shape index (κ3) is 9.77. The van der Waals surface area contributed by atoms with Gasteiger partial charge in [0.2, 0.25) is 11.8 Å². The summed E-state index contributed by atoms with van der Waals surface area (Å²) in [6.45, 7) is 1.22. The van der Waals surface area contributed by atoms with Crippen molar-refractivity contribution in [3.05, 3.63) is 59.7 Å². The van der Waals surface area contributed by atoms with Crippen LogP contribution in [0.25, 0.3) is 0 Å². The second kappa shape index (κ2) is 16.4. The summed E-state index contributed by atoms with van der Waals surface area (Å²) < 4.78 is 10.7. The number of aryl methyl sites for hydroxylation is 2. The number of carbonyl (C=O) groups excluding carboxylic acids is 3. The van der Waals surface area contributed by atoms with E-state index in [0.29, 0.717) is 43.9 Å². The molecule has 2 atom stereocenters. The number of methoxy groups -OCH3 is 2. The molecule has 0 aliphatic heterocycles. The summed E-state index contributed by atoms with van der Waals surface area (Å²) in [7, 11) is 3.14. The topological polar surface area (TPSA) is 163 Å². The van der Waals surface area contributed by atoms with E-state index >= 15 is 0 Å². The first-order valence-corrected chi connectivity index (χ1v) is 12.8. The lowest BCUT2D eigenvalue weighted by atomic mass is 9.97. The minimum atomic E-state index is -1.11. The number of hydrogen-bond acceptors (Lipinski definition) is 8. The third-order valence-corrected chi connectivity index (χ3v) is 6.28. The van der Waals surface area contributed by atoms with Gasteiger partial charge in [-0.2, -0.15) is 0 Å². The maximum atomic E-state index is 13.3. The average molecular weight is 528 g/mol. The Morgan fingerprint density at radius 3 is 2.24 bits per heavy atom. The maximum Gasteiger partial charge on any atom is 0.238 e. The number of benzene rings is 2. The fourth-order valence-electron chi connectivity index (χ4n) is 4.14. The highest BCUT2D eigenvalue weighted by atomic mass is 16.5. The lowest BCUT2D eigenvalue weighted by Gasteiger charge is -2.24. The molecule has 208 valence electrons. The first-order valence-electron chi connectivity index (χ1n) is 12.8. The van der Waals surface area contributed by atoms with E-state index in [1.165, 1.54) is 4.90 Å². The molecule has 2 amide bonds. The Balaban J connectivity index is 2.10. The van der Waals surface area contributed by atoms with E-state index in [4.69, 9.17) is 26.7 Å². The molecular formula is C28H41N5O5. The molecule has 0 bridgehead atoms. The van der Waals surface area contributed by atoms with Gasteiger partial charge in [0.15, 0.2) is 5.78 Å². The number of ketones is 1. The SMILES string of the molecule is COc1ccc(OC)c(CCC(=O)[C@H](CCc2ccccc2)NC(=O)[C@@H](N)CC(=O)N(CCN)CCN)c1. The zero-order valence-corrected chi connectivity index (χ0v) is 22.4. The Labute approximate surface area is 224 Å². The standard InChI is InChI=1S/C28H41N5O5/c1-37-22-10-13-26(38-2)21(18-22)9-12-25(34)24(11-8-20-6-4-3-5-7-20)32-28(36)23(31)19-27(35)33(16-14-29)17-15-30/h3-7,10,13,18,23-24H,8-9,11-12,14-17,19,29-31H2,1-2H3,(H,32,36)/t23-,24-/m0/s1. The summed E-state index contributed by atoms with van der Waals surface area (Å²) in [5, 5.41) is 2.79. The molecule has 2 rings (SSSR count). The van der Waals surface area contributed by atoms with Gasteiger partial charge in [0, 0.05) is 32.6 Å². The zero-order chi connectivity index (χ0) is 27.9. The summed E-state index contributed by atoms with van der Waals surface area (Å²) in [4.78, 5) is 40.4. The first kappa shape index (κ1) is 30.8. The molecule has 0 unspecified atom stereocenters. The van der Waals surface area contributed by atoms with E-state index in [-0.39, 0.29) is 37.6 Å². The number of nitrogens with one attached hydrogen (secondary N) is 1. The molecule has 0 saturated heterocycles. The van der Waals surface area contributed by atoms with Crippen LogP contribution in [0.5, 0.6) is 11.5 Å². The van der Waals surface area contributed by atoms with Gasteiger partial charge in [0.05, 0.1) is 32.7 Å². The molecule has 38 heavy (non-hydrogen) atoms. The molecule has 0 radical (unpaired) electrons. The largest absolute Gasteiger partial charge is 0.497 e. The minimum Gasteiger partial charge on any atom is -0.497 e. The third-order valence-electron chi connectivity index (χ3n) is 6.28. The fraction of sp³-hybridized carbons (Fsp3) is 0.464. The van der Waals surface area contributed by atoms with Crippen LogP contribution < -0.4 is 32.0 Å². The highest BCUT2D eigenvalue weighted by Gasteiger charge is 2.26. The molecule has 0 saturated carbocycles. The van der Waals surface area contributed by atoms with Crippen molar-refractivity contribution in [3.8, 4) is 11.5 Å². The van der Waals surface area contributed by atoms with Gasteiger partial charge in [-0.25, -0.2) is 0 Å². The van der Waals surface area contributed by atoms with Crippen molar-refractivity contribution in [2.75, 3.05) is 40.4 Å². The van der Waals surface area contributed by atoms with Crippen molar-refractivity contribution in [1.82, 2.24) is 10.2 Å². The smallest absolute Gasteiger partial charge is 0.238 e. The highest BCUT2D eigenvalue weighted by Crippen LogP contribution is 2.25. The molecule has 2 aromatic rings. The van der Waals surface area contributed by atoms with Crippen molar-refractivity contribution in [2.24, 2.45) is 17.2 Å². The van der Waals surface area contributed by atoms with Gasteiger partial charge in [0.1, 0.15) is 11.5 Å². The van der Waals surface area contributed by atoms with Crippen LogP contribution in [0.2, 0.25) is 0 Å². The van der Waals surface area contributed by atoms with Gasteiger partial charge >= 0.3 is 0 Å². The molecular weight excluding hydrogens is 486 g/mol. The van der Waals surface area contributed by atoms with E-state index < -0.39 is 18.0 Å². The van der Waals surface area contributed by atoms with Crippen LogP contribution in [0.1, 0.15) is 30.4 Å². The van der Waals surface area contributed by atoms with Gasteiger partial charge in [0.25, 0.3) is 0 Å². The number of nitrogens with two attached hydrogens (primary N) is 3. The zero-order valence-electron chi connectivity index (χ0n) is 22.4. The first-order chi connectivity index (χ1) is 18.3. The lowest BCUT2D eigenvalue weighted by Crippen LogP contribution is -2.51. The molecule has 10 heteroatoms. The second-order valence-corrected chi connectivity index (χ2v) is 9.00. The fourth-order valence-corrected chi connectivity index (χ4v) is 4.14. The number of ether oxygens (including phenoxy) is 2. The van der Waals surface area contributed by atoms with E-state index in [1.807, 2.05) is 36.4 Å². The predicted octanol–water partition coefficient (Wildman–Crippen LogP) is 0.787. The Kier molecular flexibility index (Phi) is 13.3. The van der Waals surface area contributed by atoms with E-state index in [0.717, 1.165) is 11.1 Å². The van der Waals surface area contributed by atoms with Gasteiger partial charge < -0.3 is 36.9 Å². The number of rotatable bonds is 17. The number of amides is 2.